The molecule has 0 radical (unpaired) electrons. The van der Waals surface area contributed by atoms with Gasteiger partial charge in [0.2, 0.25) is 5.95 Å². The number of fused-ring (bicyclic) bond motifs is 1. The molecule has 5 rings (SSSR count). The Morgan fingerprint density at radius 1 is 1.26 bits per heavy atom. The topological polar surface area (TPSA) is 129 Å². The van der Waals surface area contributed by atoms with Gasteiger partial charge in [0.05, 0.1) is 18.6 Å². The van der Waals surface area contributed by atoms with Gasteiger partial charge in [0, 0.05) is 37.9 Å². The van der Waals surface area contributed by atoms with Crippen LogP contribution in [0.3, 0.4) is 0 Å². The first-order chi connectivity index (χ1) is 16.5. The Bertz CT molecular complexity index is 1300. The number of amides is 1. The minimum absolute atomic E-state index is 0.186. The molecule has 1 aliphatic rings. The second-order valence-corrected chi connectivity index (χ2v) is 8.52. The maximum absolute atomic E-state index is 11.2. The third-order valence-corrected chi connectivity index (χ3v) is 5.87. The van der Waals surface area contributed by atoms with Crippen LogP contribution in [0.2, 0.25) is 0 Å². The predicted molar refractivity (Wildman–Crippen MR) is 128 cm³/mol. The number of nitrogens with one attached hydrogen (secondary N) is 1. The summed E-state index contributed by atoms with van der Waals surface area (Å²) in [6.07, 6.45) is 5.10. The van der Waals surface area contributed by atoms with E-state index in [0.717, 1.165) is 16.9 Å². The Hall–Kier alpha value is -4.15. The zero-order valence-corrected chi connectivity index (χ0v) is 19.1. The lowest BCUT2D eigenvalue weighted by Crippen LogP contribution is -2.28. The van der Waals surface area contributed by atoms with E-state index in [4.69, 9.17) is 20.4 Å². The number of benzene rings is 1. The first-order valence-electron chi connectivity index (χ1n) is 11.3. The summed E-state index contributed by atoms with van der Waals surface area (Å²) < 4.78 is 9.05. The molecule has 1 atom stereocenters. The number of hydrogen-bond acceptors (Lipinski definition) is 8. The Kier molecular flexibility index (Phi) is 5.74. The first-order valence-corrected chi connectivity index (χ1v) is 11.3. The molecule has 3 aromatic heterocycles. The third kappa shape index (κ3) is 4.24. The van der Waals surface area contributed by atoms with Crippen LogP contribution in [0.1, 0.15) is 31.9 Å². The van der Waals surface area contributed by atoms with Gasteiger partial charge in [-0.15, -0.1) is 0 Å². The number of nitrogens with zero attached hydrogens (tertiary/aromatic N) is 7. The summed E-state index contributed by atoms with van der Waals surface area (Å²) in [7, 11) is 0. The Morgan fingerprint density at radius 3 is 2.88 bits per heavy atom. The molecule has 176 valence electrons. The Morgan fingerprint density at radius 2 is 2.12 bits per heavy atom. The van der Waals surface area contributed by atoms with Crippen LogP contribution in [0, 0.1) is 0 Å². The van der Waals surface area contributed by atoms with Crippen molar-refractivity contribution in [2.75, 3.05) is 23.3 Å². The van der Waals surface area contributed by atoms with Crippen molar-refractivity contribution in [1.29, 1.82) is 0 Å². The summed E-state index contributed by atoms with van der Waals surface area (Å²) in [6.45, 7) is 5.86. The smallest absolute Gasteiger partial charge is 0.404 e. The number of nitrogens with two attached hydrogens (primary N) is 1. The van der Waals surface area contributed by atoms with E-state index in [1.807, 2.05) is 44.6 Å². The molecule has 4 aromatic rings. The minimum atomic E-state index is -0.765. The average molecular weight is 462 g/mol. The molecule has 1 aliphatic heterocycles. The van der Waals surface area contributed by atoms with Gasteiger partial charge in [0.15, 0.2) is 17.0 Å². The van der Waals surface area contributed by atoms with Gasteiger partial charge in [-0.2, -0.15) is 15.1 Å². The fourth-order valence-corrected chi connectivity index (χ4v) is 4.19. The van der Waals surface area contributed by atoms with Crippen molar-refractivity contribution in [3.8, 4) is 5.69 Å². The molecule has 0 saturated carbocycles. The lowest BCUT2D eigenvalue weighted by atomic mass is 10.2. The van der Waals surface area contributed by atoms with Crippen LogP contribution in [0.25, 0.3) is 16.9 Å². The third-order valence-electron chi connectivity index (χ3n) is 5.87. The molecular weight excluding hydrogens is 434 g/mol. The molecule has 1 saturated heterocycles. The van der Waals surface area contributed by atoms with Crippen LogP contribution < -0.4 is 16.0 Å². The first kappa shape index (κ1) is 21.7. The van der Waals surface area contributed by atoms with E-state index in [0.29, 0.717) is 43.3 Å². The van der Waals surface area contributed by atoms with Gasteiger partial charge in [0.1, 0.15) is 6.10 Å². The van der Waals surface area contributed by atoms with Gasteiger partial charge < -0.3 is 25.3 Å². The summed E-state index contributed by atoms with van der Waals surface area (Å²) in [5.74, 6) is 1.21. The van der Waals surface area contributed by atoms with Crippen LogP contribution in [0.15, 0.2) is 49.1 Å². The van der Waals surface area contributed by atoms with Gasteiger partial charge in [-0.1, -0.05) is 18.2 Å². The molecule has 0 aliphatic carbocycles. The standard InChI is InChI=1S/C23H27N9O2/c1-15(2)31-14-26-19-20(25-12-16-6-3-4-7-18(16)32-10-5-9-27-32)28-23(29-21(19)31)30-11-8-17(13-30)34-22(24)33/h3-7,9-10,14-15,17H,8,11-13H2,1-2H3,(H2,24,33)(H,25,28,29)/t17-/m0/s1. The van der Waals surface area contributed by atoms with Crippen molar-refractivity contribution >= 4 is 29.0 Å². The monoisotopic (exact) mass is 461 g/mol. The lowest BCUT2D eigenvalue weighted by Gasteiger charge is -2.18. The van der Waals surface area contributed by atoms with Gasteiger partial charge in [0.25, 0.3) is 0 Å². The number of ether oxygens (including phenoxy) is 1. The van der Waals surface area contributed by atoms with Gasteiger partial charge in [-0.05, 0) is 31.5 Å². The molecule has 0 bridgehead atoms. The van der Waals surface area contributed by atoms with Crippen molar-refractivity contribution in [3.63, 3.8) is 0 Å². The molecule has 1 fully saturated rings. The number of anilines is 2. The predicted octanol–water partition coefficient (Wildman–Crippen LogP) is 2.88. The fourth-order valence-electron chi connectivity index (χ4n) is 4.19. The van der Waals surface area contributed by atoms with Crippen molar-refractivity contribution in [1.82, 2.24) is 29.3 Å². The summed E-state index contributed by atoms with van der Waals surface area (Å²) in [6, 6.07) is 10.2. The molecule has 0 spiro atoms. The van der Waals surface area contributed by atoms with Crippen LogP contribution >= 0.6 is 0 Å². The molecule has 34 heavy (non-hydrogen) atoms. The molecule has 11 nitrogen and oxygen atoms in total. The second kappa shape index (κ2) is 9.00. The number of carbonyl (C=O) groups excluding carboxylic acids is 1. The maximum Gasteiger partial charge on any atom is 0.404 e. The highest BCUT2D eigenvalue weighted by molar-refractivity contribution is 5.84. The SMILES string of the molecule is CC(C)n1cnc2c(NCc3ccccc3-n3cccn3)nc(N3CC[C@H](OC(N)=O)C3)nc21. The van der Waals surface area contributed by atoms with E-state index in [2.05, 4.69) is 35.3 Å². The summed E-state index contributed by atoms with van der Waals surface area (Å²) >= 11 is 0. The van der Waals surface area contributed by atoms with E-state index < -0.39 is 6.09 Å². The van der Waals surface area contributed by atoms with E-state index >= 15 is 0 Å². The quantitative estimate of drug-likeness (QED) is 0.430. The van der Waals surface area contributed by atoms with Crippen LogP contribution in [-0.2, 0) is 11.3 Å². The number of hydrogen-bond donors (Lipinski definition) is 2. The summed E-state index contributed by atoms with van der Waals surface area (Å²) in [4.78, 5) is 27.4. The fraction of sp³-hybridized carbons (Fsp3) is 0.348. The second-order valence-electron chi connectivity index (χ2n) is 8.52. The van der Waals surface area contributed by atoms with Crippen molar-refractivity contribution < 1.29 is 9.53 Å². The van der Waals surface area contributed by atoms with E-state index in [-0.39, 0.29) is 12.1 Å². The van der Waals surface area contributed by atoms with Crippen LogP contribution in [0.5, 0.6) is 0 Å². The normalized spacial score (nSPS) is 15.9. The van der Waals surface area contributed by atoms with E-state index in [9.17, 15) is 4.79 Å². The number of carbonyl (C=O) groups is 1. The van der Waals surface area contributed by atoms with Gasteiger partial charge in [-0.3, -0.25) is 0 Å². The molecule has 3 N–H and O–H groups in total. The number of para-hydroxylation sites is 1. The zero-order chi connectivity index (χ0) is 23.7. The lowest BCUT2D eigenvalue weighted by molar-refractivity contribution is 0.117. The average Bonchev–Trinajstić information content (AvgIpc) is 3.57. The summed E-state index contributed by atoms with van der Waals surface area (Å²) in [5.41, 5.74) is 8.71. The van der Waals surface area contributed by atoms with E-state index in [1.165, 1.54) is 0 Å². The highest BCUT2D eigenvalue weighted by Gasteiger charge is 2.28. The molecule has 4 heterocycles. The molecule has 1 aromatic carbocycles. The maximum atomic E-state index is 11.2. The highest BCUT2D eigenvalue weighted by atomic mass is 16.6. The summed E-state index contributed by atoms with van der Waals surface area (Å²) in [5, 5.41) is 7.83. The molecule has 1 amide bonds. The van der Waals surface area contributed by atoms with Crippen molar-refractivity contribution in [2.24, 2.45) is 5.73 Å². The van der Waals surface area contributed by atoms with Gasteiger partial charge in [-0.25, -0.2) is 14.5 Å². The minimum Gasteiger partial charge on any atom is -0.444 e. The van der Waals surface area contributed by atoms with Crippen molar-refractivity contribution in [3.05, 3.63) is 54.6 Å². The van der Waals surface area contributed by atoms with E-state index in [1.54, 1.807) is 12.5 Å². The number of primary amides is 1. The van der Waals surface area contributed by atoms with Gasteiger partial charge >= 0.3 is 6.09 Å². The number of imidazole rings is 1. The Labute approximate surface area is 196 Å². The zero-order valence-electron chi connectivity index (χ0n) is 19.1. The molecular formula is C23H27N9O2. The molecule has 0 unspecified atom stereocenters. The molecule has 11 heteroatoms. The van der Waals surface area contributed by atoms with Crippen LogP contribution in [-0.4, -0.2) is 54.6 Å². The van der Waals surface area contributed by atoms with Crippen LogP contribution in [0.4, 0.5) is 16.6 Å². The number of aromatic nitrogens is 6. The number of rotatable bonds is 7. The highest BCUT2D eigenvalue weighted by Crippen LogP contribution is 2.27. The van der Waals surface area contributed by atoms with Crippen molar-refractivity contribution in [2.45, 2.75) is 39.0 Å². The Balaban J connectivity index is 1.47. The largest absolute Gasteiger partial charge is 0.444 e.